The summed E-state index contributed by atoms with van der Waals surface area (Å²) in [6.07, 6.45) is 9.36. The first-order valence-electron chi connectivity index (χ1n) is 7.24. The van der Waals surface area contributed by atoms with E-state index in [1.807, 2.05) is 18.2 Å². The molecule has 0 saturated heterocycles. The number of methoxy groups -OCH3 is 1. The molecule has 3 heteroatoms. The summed E-state index contributed by atoms with van der Waals surface area (Å²) >= 11 is 0. The van der Waals surface area contributed by atoms with Crippen molar-refractivity contribution < 1.29 is 14.9 Å². The summed E-state index contributed by atoms with van der Waals surface area (Å²) in [5, 5.41) is 19.6. The van der Waals surface area contributed by atoms with E-state index in [1.165, 1.54) is 11.1 Å². The quantitative estimate of drug-likeness (QED) is 0.833. The molecule has 0 fully saturated rings. The smallest absolute Gasteiger partial charge is 0.104 e. The van der Waals surface area contributed by atoms with Gasteiger partial charge in [-0.2, -0.15) is 0 Å². The lowest BCUT2D eigenvalue weighted by molar-refractivity contribution is 0.0565. The number of aliphatic hydroxyl groups excluding tert-OH is 2. The summed E-state index contributed by atoms with van der Waals surface area (Å²) in [4.78, 5) is 0. The zero-order valence-electron chi connectivity index (χ0n) is 12.5. The monoisotopic (exact) mass is 276 g/mol. The van der Waals surface area contributed by atoms with Gasteiger partial charge in [-0.3, -0.25) is 0 Å². The van der Waals surface area contributed by atoms with Gasteiger partial charge >= 0.3 is 0 Å². The molecule has 0 heterocycles. The second kappa shape index (κ2) is 6.42. The van der Waals surface area contributed by atoms with Crippen LogP contribution in [0, 0.1) is 5.92 Å². The van der Waals surface area contributed by atoms with Crippen molar-refractivity contribution in [1.29, 1.82) is 0 Å². The van der Waals surface area contributed by atoms with Crippen LogP contribution in [-0.4, -0.2) is 29.5 Å². The molecule has 0 aromatic rings. The third kappa shape index (κ3) is 3.22. The van der Waals surface area contributed by atoms with E-state index in [9.17, 15) is 10.2 Å². The van der Waals surface area contributed by atoms with Crippen LogP contribution in [0.2, 0.25) is 0 Å². The zero-order valence-corrected chi connectivity index (χ0v) is 12.5. The van der Waals surface area contributed by atoms with E-state index < -0.39 is 12.2 Å². The van der Waals surface area contributed by atoms with Gasteiger partial charge in [-0.15, -0.1) is 0 Å². The van der Waals surface area contributed by atoms with Gasteiger partial charge in [0, 0.05) is 6.42 Å². The average molecular weight is 276 g/mol. The van der Waals surface area contributed by atoms with Gasteiger partial charge in [0.1, 0.15) is 6.10 Å². The fourth-order valence-corrected chi connectivity index (χ4v) is 2.79. The fourth-order valence-electron chi connectivity index (χ4n) is 2.79. The van der Waals surface area contributed by atoms with E-state index >= 15 is 0 Å². The molecule has 2 rings (SSSR count). The molecule has 3 atom stereocenters. The first-order valence-corrected chi connectivity index (χ1v) is 7.24. The van der Waals surface area contributed by atoms with Crippen LogP contribution >= 0.6 is 0 Å². The minimum absolute atomic E-state index is 0.445. The van der Waals surface area contributed by atoms with Crippen LogP contribution in [0.5, 0.6) is 0 Å². The largest absolute Gasteiger partial charge is 0.501 e. The van der Waals surface area contributed by atoms with E-state index in [-0.39, 0.29) is 0 Å². The zero-order chi connectivity index (χ0) is 14.7. The van der Waals surface area contributed by atoms with Gasteiger partial charge in [-0.1, -0.05) is 30.7 Å². The van der Waals surface area contributed by atoms with Crippen LogP contribution in [0.3, 0.4) is 0 Å². The van der Waals surface area contributed by atoms with Crippen LogP contribution in [0.1, 0.15) is 33.1 Å². The molecule has 0 aliphatic heterocycles. The number of ether oxygens (including phenoxy) is 1. The number of rotatable bonds is 3. The normalized spacial score (nSPS) is 25.9. The van der Waals surface area contributed by atoms with Gasteiger partial charge in [-0.05, 0) is 42.9 Å². The summed E-state index contributed by atoms with van der Waals surface area (Å²) < 4.78 is 5.35. The Morgan fingerprint density at radius 2 is 2.00 bits per heavy atom. The molecule has 0 bridgehead atoms. The molecule has 0 aromatic heterocycles. The SMILES string of the molecule is COC1=CC2=C(CC1)C(C)CC=C(C(O)C(C)O)C=C2. The van der Waals surface area contributed by atoms with Crippen LogP contribution in [0.25, 0.3) is 0 Å². The molecule has 2 aliphatic rings. The van der Waals surface area contributed by atoms with Crippen molar-refractivity contribution in [2.45, 2.75) is 45.3 Å². The molecule has 0 saturated carbocycles. The minimum Gasteiger partial charge on any atom is -0.501 e. The second-order valence-corrected chi connectivity index (χ2v) is 5.66. The molecule has 0 spiro atoms. The molecule has 3 unspecified atom stereocenters. The lowest BCUT2D eigenvalue weighted by Crippen LogP contribution is -2.24. The van der Waals surface area contributed by atoms with Crippen LogP contribution in [0.15, 0.2) is 46.8 Å². The van der Waals surface area contributed by atoms with E-state index in [1.54, 1.807) is 14.0 Å². The van der Waals surface area contributed by atoms with Crippen molar-refractivity contribution in [2.75, 3.05) is 7.11 Å². The average Bonchev–Trinajstić information content (AvgIpc) is 2.44. The summed E-state index contributed by atoms with van der Waals surface area (Å²) in [5.74, 6) is 1.45. The highest BCUT2D eigenvalue weighted by Gasteiger charge is 2.21. The highest BCUT2D eigenvalue weighted by atomic mass is 16.5. The van der Waals surface area contributed by atoms with Gasteiger partial charge in [0.05, 0.1) is 19.0 Å². The minimum atomic E-state index is -0.824. The third-order valence-electron chi connectivity index (χ3n) is 4.15. The summed E-state index contributed by atoms with van der Waals surface area (Å²) in [7, 11) is 1.70. The van der Waals surface area contributed by atoms with Gasteiger partial charge in [-0.25, -0.2) is 0 Å². The van der Waals surface area contributed by atoms with Crippen LogP contribution in [-0.2, 0) is 4.74 Å². The fraction of sp³-hybridized carbons (Fsp3) is 0.529. The van der Waals surface area contributed by atoms with Crippen molar-refractivity contribution in [3.8, 4) is 0 Å². The highest BCUT2D eigenvalue weighted by molar-refractivity contribution is 5.45. The third-order valence-corrected chi connectivity index (χ3v) is 4.15. The highest BCUT2D eigenvalue weighted by Crippen LogP contribution is 2.34. The van der Waals surface area contributed by atoms with E-state index in [2.05, 4.69) is 13.0 Å². The Kier molecular flexibility index (Phi) is 4.84. The lowest BCUT2D eigenvalue weighted by Gasteiger charge is -2.25. The Hall–Kier alpha value is -1.32. The summed E-state index contributed by atoms with van der Waals surface area (Å²) in [5.41, 5.74) is 3.42. The molecule has 110 valence electrons. The standard InChI is InChI=1S/C17H24O3/c1-11-4-5-13(17(19)12(2)18)6-7-14-10-15(20-3)8-9-16(11)14/h5-7,10-12,17-19H,4,8-9H2,1-3H3. The van der Waals surface area contributed by atoms with Gasteiger partial charge < -0.3 is 14.9 Å². The summed E-state index contributed by atoms with van der Waals surface area (Å²) in [6, 6.07) is 0. The molecule has 3 nitrogen and oxygen atoms in total. The van der Waals surface area contributed by atoms with E-state index in [0.29, 0.717) is 5.92 Å². The van der Waals surface area contributed by atoms with Crippen molar-refractivity contribution in [2.24, 2.45) is 5.92 Å². The Morgan fingerprint density at radius 1 is 1.25 bits per heavy atom. The maximum atomic E-state index is 10.0. The second-order valence-electron chi connectivity index (χ2n) is 5.66. The van der Waals surface area contributed by atoms with Gasteiger partial charge in [0.2, 0.25) is 0 Å². The first-order chi connectivity index (χ1) is 9.52. The maximum Gasteiger partial charge on any atom is 0.104 e. The Balaban J connectivity index is 2.31. The molecule has 0 radical (unpaired) electrons. The molecular formula is C17H24O3. The number of hydrogen-bond donors (Lipinski definition) is 2. The Labute approximate surface area is 121 Å². The molecule has 0 aromatic carbocycles. The molecule has 2 aliphatic carbocycles. The van der Waals surface area contributed by atoms with Crippen LogP contribution in [0.4, 0.5) is 0 Å². The topological polar surface area (TPSA) is 49.7 Å². The van der Waals surface area contributed by atoms with E-state index in [4.69, 9.17) is 4.74 Å². The molecule has 2 N–H and O–H groups in total. The molecule has 0 amide bonds. The number of allylic oxidation sites excluding steroid dienone is 6. The van der Waals surface area contributed by atoms with E-state index in [0.717, 1.165) is 30.6 Å². The lowest BCUT2D eigenvalue weighted by atomic mass is 9.83. The molecular weight excluding hydrogens is 252 g/mol. The van der Waals surface area contributed by atoms with Crippen molar-refractivity contribution in [1.82, 2.24) is 0 Å². The van der Waals surface area contributed by atoms with Crippen molar-refractivity contribution in [3.05, 3.63) is 46.8 Å². The predicted octanol–water partition coefficient (Wildman–Crippen LogP) is 2.87. The predicted molar refractivity (Wildman–Crippen MR) is 80.0 cm³/mol. The van der Waals surface area contributed by atoms with Gasteiger partial charge in [0.15, 0.2) is 0 Å². The Bertz CT molecular complexity index is 480. The summed E-state index contributed by atoms with van der Waals surface area (Å²) in [6.45, 7) is 3.82. The van der Waals surface area contributed by atoms with Crippen molar-refractivity contribution >= 4 is 0 Å². The van der Waals surface area contributed by atoms with Gasteiger partial charge in [0.25, 0.3) is 0 Å². The number of hydrogen-bond acceptors (Lipinski definition) is 3. The van der Waals surface area contributed by atoms with Crippen LogP contribution < -0.4 is 0 Å². The van der Waals surface area contributed by atoms with Crippen molar-refractivity contribution in [3.63, 3.8) is 0 Å². The maximum absolute atomic E-state index is 10.0. The number of aliphatic hydroxyl groups is 2. The molecule has 20 heavy (non-hydrogen) atoms. The first kappa shape index (κ1) is 15.1. The Morgan fingerprint density at radius 3 is 2.65 bits per heavy atom.